The maximum absolute atomic E-state index is 5.80. The summed E-state index contributed by atoms with van der Waals surface area (Å²) in [5.74, 6) is 0.833. The molecule has 17 heavy (non-hydrogen) atoms. The predicted molar refractivity (Wildman–Crippen MR) is 66.7 cm³/mol. The normalized spacial score (nSPS) is 17.6. The fourth-order valence-electron chi connectivity index (χ4n) is 1.93. The summed E-state index contributed by atoms with van der Waals surface area (Å²) in [6.45, 7) is 3.20. The predicted octanol–water partition coefficient (Wildman–Crippen LogP) is 1.64. The fraction of sp³-hybridized carbons (Fsp3) is 0.692. The lowest BCUT2D eigenvalue weighted by atomic mass is 10.1. The maximum atomic E-state index is 5.80. The van der Waals surface area contributed by atoms with E-state index in [0.29, 0.717) is 6.54 Å². The Kier molecular flexibility index (Phi) is 4.59. The van der Waals surface area contributed by atoms with Crippen LogP contribution in [0.2, 0.25) is 0 Å². The van der Waals surface area contributed by atoms with Crippen LogP contribution in [0.4, 0.5) is 0 Å². The molecule has 0 bridgehead atoms. The van der Waals surface area contributed by atoms with E-state index in [2.05, 4.69) is 11.9 Å². The van der Waals surface area contributed by atoms with Gasteiger partial charge in [0.2, 0.25) is 0 Å². The Morgan fingerprint density at radius 2 is 2.41 bits per heavy atom. The summed E-state index contributed by atoms with van der Waals surface area (Å²) >= 11 is 0. The minimum Gasteiger partial charge on any atom is -0.472 e. The molecule has 1 unspecified atom stereocenters. The molecule has 0 saturated heterocycles. The van der Waals surface area contributed by atoms with E-state index in [-0.39, 0.29) is 6.04 Å². The molecule has 96 valence electrons. The van der Waals surface area contributed by atoms with Crippen LogP contribution < -0.4 is 5.73 Å². The zero-order valence-corrected chi connectivity index (χ0v) is 10.5. The van der Waals surface area contributed by atoms with E-state index in [1.807, 2.05) is 6.07 Å². The lowest BCUT2D eigenvalue weighted by molar-refractivity contribution is 0.0922. The second kappa shape index (κ2) is 6.19. The summed E-state index contributed by atoms with van der Waals surface area (Å²) in [4.78, 5) is 2.22. The fourth-order valence-corrected chi connectivity index (χ4v) is 1.93. The Hall–Kier alpha value is -0.840. The quantitative estimate of drug-likeness (QED) is 0.699. The molecule has 4 heteroatoms. The minimum atomic E-state index is 0.221. The Labute approximate surface area is 103 Å². The molecule has 2 rings (SSSR count). The van der Waals surface area contributed by atoms with Crippen molar-refractivity contribution in [3.8, 4) is 0 Å². The Morgan fingerprint density at radius 3 is 3.00 bits per heavy atom. The first kappa shape index (κ1) is 12.6. The van der Waals surface area contributed by atoms with E-state index in [4.69, 9.17) is 14.9 Å². The molecule has 4 nitrogen and oxygen atoms in total. The van der Waals surface area contributed by atoms with Crippen LogP contribution in [0.5, 0.6) is 0 Å². The van der Waals surface area contributed by atoms with Crippen LogP contribution in [0.25, 0.3) is 0 Å². The highest BCUT2D eigenvalue weighted by atomic mass is 16.5. The second-order valence-electron chi connectivity index (χ2n) is 4.81. The van der Waals surface area contributed by atoms with Crippen molar-refractivity contribution in [2.75, 3.05) is 33.4 Å². The molecule has 1 aromatic rings. The Bertz CT molecular complexity index is 309. The highest BCUT2D eigenvalue weighted by Gasteiger charge is 2.21. The van der Waals surface area contributed by atoms with Crippen LogP contribution in [0.1, 0.15) is 24.4 Å². The molecule has 0 spiro atoms. The monoisotopic (exact) mass is 238 g/mol. The van der Waals surface area contributed by atoms with Gasteiger partial charge in [-0.1, -0.05) is 0 Å². The van der Waals surface area contributed by atoms with E-state index >= 15 is 0 Å². The van der Waals surface area contributed by atoms with Gasteiger partial charge < -0.3 is 14.9 Å². The van der Waals surface area contributed by atoms with Gasteiger partial charge in [-0.25, -0.2) is 0 Å². The van der Waals surface area contributed by atoms with Crippen molar-refractivity contribution in [3.05, 3.63) is 24.2 Å². The third kappa shape index (κ3) is 3.84. The summed E-state index contributed by atoms with van der Waals surface area (Å²) < 4.78 is 10.7. The number of nitrogens with two attached hydrogens (primary N) is 1. The first-order chi connectivity index (χ1) is 8.31. The molecule has 0 aliphatic heterocycles. The smallest absolute Gasteiger partial charge is 0.0950 e. The standard InChI is InChI=1S/C13H22N2O2/c1-15(5-7-17-9-11-2-3-11)13(8-14)12-4-6-16-10-12/h4,6,10-11,13H,2-3,5,7-9,14H2,1H3. The molecule has 1 aromatic heterocycles. The van der Waals surface area contributed by atoms with Gasteiger partial charge >= 0.3 is 0 Å². The first-order valence-corrected chi connectivity index (χ1v) is 6.31. The van der Waals surface area contributed by atoms with Crippen LogP contribution in [0.15, 0.2) is 23.0 Å². The molecule has 1 fully saturated rings. The number of rotatable bonds is 8. The number of furan rings is 1. The minimum absolute atomic E-state index is 0.221. The van der Waals surface area contributed by atoms with Gasteiger partial charge in [-0.05, 0) is 31.9 Å². The third-order valence-electron chi connectivity index (χ3n) is 3.32. The molecular formula is C13H22N2O2. The molecule has 2 N–H and O–H groups in total. The molecule has 0 aromatic carbocycles. The van der Waals surface area contributed by atoms with Gasteiger partial charge in [-0.3, -0.25) is 4.90 Å². The van der Waals surface area contributed by atoms with Crippen molar-refractivity contribution in [3.63, 3.8) is 0 Å². The van der Waals surface area contributed by atoms with E-state index < -0.39 is 0 Å². The van der Waals surface area contributed by atoms with Crippen molar-refractivity contribution in [2.45, 2.75) is 18.9 Å². The summed E-state index contributed by atoms with van der Waals surface area (Å²) in [7, 11) is 2.07. The molecule has 0 amide bonds. The van der Waals surface area contributed by atoms with Crippen LogP contribution in [0, 0.1) is 5.92 Å². The van der Waals surface area contributed by atoms with Crippen molar-refractivity contribution >= 4 is 0 Å². The zero-order valence-electron chi connectivity index (χ0n) is 10.5. The molecule has 1 aliphatic carbocycles. The first-order valence-electron chi connectivity index (χ1n) is 6.31. The number of ether oxygens (including phenoxy) is 1. The van der Waals surface area contributed by atoms with Gasteiger partial charge in [0.25, 0.3) is 0 Å². The topological polar surface area (TPSA) is 51.6 Å². The number of likely N-dealkylation sites (N-methyl/N-ethyl adjacent to an activating group) is 1. The summed E-state index contributed by atoms with van der Waals surface area (Å²) in [6.07, 6.45) is 6.14. The molecule has 1 heterocycles. The van der Waals surface area contributed by atoms with E-state index in [1.54, 1.807) is 12.5 Å². The van der Waals surface area contributed by atoms with Gasteiger partial charge in [0.15, 0.2) is 0 Å². The lowest BCUT2D eigenvalue weighted by Gasteiger charge is -2.25. The van der Waals surface area contributed by atoms with Gasteiger partial charge in [-0.15, -0.1) is 0 Å². The largest absolute Gasteiger partial charge is 0.472 e. The number of hydrogen-bond acceptors (Lipinski definition) is 4. The van der Waals surface area contributed by atoms with Crippen LogP contribution in [0.3, 0.4) is 0 Å². The molecule has 0 radical (unpaired) electrons. The Balaban J connectivity index is 1.70. The van der Waals surface area contributed by atoms with Crippen molar-refractivity contribution in [1.29, 1.82) is 0 Å². The molecule has 1 saturated carbocycles. The van der Waals surface area contributed by atoms with Crippen molar-refractivity contribution in [2.24, 2.45) is 11.7 Å². The number of nitrogens with zero attached hydrogens (tertiary/aromatic N) is 1. The van der Waals surface area contributed by atoms with Gasteiger partial charge in [0.05, 0.1) is 19.1 Å². The van der Waals surface area contributed by atoms with Gasteiger partial charge in [-0.2, -0.15) is 0 Å². The SMILES string of the molecule is CN(CCOCC1CC1)C(CN)c1ccoc1. The average molecular weight is 238 g/mol. The van der Waals surface area contributed by atoms with Crippen LogP contribution in [-0.2, 0) is 4.74 Å². The van der Waals surface area contributed by atoms with E-state index in [0.717, 1.165) is 31.2 Å². The third-order valence-corrected chi connectivity index (χ3v) is 3.32. The summed E-state index contributed by atoms with van der Waals surface area (Å²) in [5.41, 5.74) is 6.94. The number of hydrogen-bond donors (Lipinski definition) is 1. The summed E-state index contributed by atoms with van der Waals surface area (Å²) in [6, 6.07) is 2.19. The Morgan fingerprint density at radius 1 is 1.59 bits per heavy atom. The molecular weight excluding hydrogens is 216 g/mol. The van der Waals surface area contributed by atoms with E-state index in [1.165, 1.54) is 12.8 Å². The summed E-state index contributed by atoms with van der Waals surface area (Å²) in [5, 5.41) is 0. The molecule has 1 atom stereocenters. The van der Waals surface area contributed by atoms with Crippen LogP contribution >= 0.6 is 0 Å². The lowest BCUT2D eigenvalue weighted by Crippen LogP contribution is -2.32. The van der Waals surface area contributed by atoms with E-state index in [9.17, 15) is 0 Å². The second-order valence-corrected chi connectivity index (χ2v) is 4.81. The average Bonchev–Trinajstić information content (AvgIpc) is 3.00. The van der Waals surface area contributed by atoms with Gasteiger partial charge in [0.1, 0.15) is 0 Å². The van der Waals surface area contributed by atoms with Crippen molar-refractivity contribution in [1.82, 2.24) is 4.90 Å². The molecule has 1 aliphatic rings. The van der Waals surface area contributed by atoms with Crippen LogP contribution in [-0.4, -0.2) is 38.3 Å². The maximum Gasteiger partial charge on any atom is 0.0950 e. The highest BCUT2D eigenvalue weighted by Crippen LogP contribution is 2.28. The zero-order chi connectivity index (χ0) is 12.1. The van der Waals surface area contributed by atoms with Gasteiger partial charge in [0, 0.05) is 31.3 Å². The highest BCUT2D eigenvalue weighted by molar-refractivity contribution is 5.12. The van der Waals surface area contributed by atoms with Crippen molar-refractivity contribution < 1.29 is 9.15 Å².